The average molecular weight is 300 g/mol. The molecule has 0 aliphatic rings. The Bertz CT molecular complexity index is 662. The monoisotopic (exact) mass is 300 g/mol. The molecule has 0 bridgehead atoms. The minimum Gasteiger partial charge on any atom is -0.369 e. The molecule has 1 aromatic carbocycles. The molecule has 0 unspecified atom stereocenters. The molecular weight excluding hydrogens is 280 g/mol. The number of aromatic nitrogens is 2. The molecule has 0 aliphatic carbocycles. The number of nitrogens with two attached hydrogens (primary N) is 1. The molecule has 6 heteroatoms. The zero-order valence-electron chi connectivity index (χ0n) is 12.7. The van der Waals surface area contributed by atoms with Gasteiger partial charge in [-0.1, -0.05) is 30.3 Å². The third-order valence-corrected chi connectivity index (χ3v) is 3.44. The predicted octanol–water partition coefficient (Wildman–Crippen LogP) is 1.17. The normalized spacial score (nSPS) is 11.2. The zero-order chi connectivity index (χ0) is 16.2. The van der Waals surface area contributed by atoms with E-state index in [0.717, 1.165) is 5.56 Å². The summed E-state index contributed by atoms with van der Waals surface area (Å²) in [6.45, 7) is 4.16. The standard InChI is InChI=1S/C16H20N4O2/c1-16(2,15(17)22)11-18-14(21)13-8-19-20(10-13)9-12-6-4-3-5-7-12/h3-8,10H,9,11H2,1-2H3,(H2,17,22)(H,18,21). The summed E-state index contributed by atoms with van der Waals surface area (Å²) in [5, 5.41) is 6.88. The van der Waals surface area contributed by atoms with Crippen LogP contribution in [0.4, 0.5) is 0 Å². The lowest BCUT2D eigenvalue weighted by atomic mass is 9.93. The Hall–Kier alpha value is -2.63. The molecule has 1 heterocycles. The molecule has 0 fully saturated rings. The highest BCUT2D eigenvalue weighted by Gasteiger charge is 2.25. The average Bonchev–Trinajstić information content (AvgIpc) is 2.94. The van der Waals surface area contributed by atoms with Gasteiger partial charge in [0, 0.05) is 12.7 Å². The third-order valence-electron chi connectivity index (χ3n) is 3.44. The number of carbonyl (C=O) groups is 2. The van der Waals surface area contributed by atoms with Gasteiger partial charge in [-0.15, -0.1) is 0 Å². The van der Waals surface area contributed by atoms with Crippen molar-refractivity contribution in [2.75, 3.05) is 6.54 Å². The van der Waals surface area contributed by atoms with Crippen molar-refractivity contribution in [3.8, 4) is 0 Å². The van der Waals surface area contributed by atoms with Crippen LogP contribution in [0.25, 0.3) is 0 Å². The van der Waals surface area contributed by atoms with E-state index in [9.17, 15) is 9.59 Å². The number of nitrogens with zero attached hydrogens (tertiary/aromatic N) is 2. The minimum atomic E-state index is -0.782. The second-order valence-corrected chi connectivity index (χ2v) is 5.84. The van der Waals surface area contributed by atoms with Gasteiger partial charge >= 0.3 is 0 Å². The van der Waals surface area contributed by atoms with Crippen molar-refractivity contribution >= 4 is 11.8 Å². The lowest BCUT2D eigenvalue weighted by Gasteiger charge is -2.20. The van der Waals surface area contributed by atoms with Crippen molar-refractivity contribution in [1.82, 2.24) is 15.1 Å². The molecule has 3 N–H and O–H groups in total. The van der Waals surface area contributed by atoms with Crippen LogP contribution >= 0.6 is 0 Å². The largest absolute Gasteiger partial charge is 0.369 e. The molecule has 22 heavy (non-hydrogen) atoms. The Kier molecular flexibility index (Phi) is 4.60. The lowest BCUT2D eigenvalue weighted by molar-refractivity contribution is -0.125. The van der Waals surface area contributed by atoms with E-state index in [1.807, 2.05) is 30.3 Å². The molecule has 0 saturated carbocycles. The van der Waals surface area contributed by atoms with Crippen molar-refractivity contribution in [3.63, 3.8) is 0 Å². The number of rotatable bonds is 6. The van der Waals surface area contributed by atoms with Crippen LogP contribution in [0.3, 0.4) is 0 Å². The van der Waals surface area contributed by atoms with Crippen LogP contribution in [0.1, 0.15) is 29.8 Å². The number of benzene rings is 1. The summed E-state index contributed by atoms with van der Waals surface area (Å²) in [6.07, 6.45) is 3.19. The van der Waals surface area contributed by atoms with Gasteiger partial charge in [-0.05, 0) is 19.4 Å². The van der Waals surface area contributed by atoms with Crippen molar-refractivity contribution < 1.29 is 9.59 Å². The first kappa shape index (κ1) is 15.8. The molecule has 6 nitrogen and oxygen atoms in total. The Morgan fingerprint density at radius 1 is 1.27 bits per heavy atom. The van der Waals surface area contributed by atoms with Gasteiger partial charge in [-0.2, -0.15) is 5.10 Å². The molecule has 1 aromatic heterocycles. The van der Waals surface area contributed by atoms with E-state index in [4.69, 9.17) is 5.73 Å². The molecule has 0 radical (unpaired) electrons. The van der Waals surface area contributed by atoms with Gasteiger partial charge in [0.05, 0.1) is 23.7 Å². The van der Waals surface area contributed by atoms with Crippen molar-refractivity contribution in [2.24, 2.45) is 11.1 Å². The molecule has 0 aliphatic heterocycles. The maximum Gasteiger partial charge on any atom is 0.254 e. The van der Waals surface area contributed by atoms with Crippen LogP contribution in [0.2, 0.25) is 0 Å². The van der Waals surface area contributed by atoms with Crippen LogP contribution in [0.15, 0.2) is 42.7 Å². The fraction of sp³-hybridized carbons (Fsp3) is 0.312. The number of hydrogen-bond acceptors (Lipinski definition) is 3. The molecular formula is C16H20N4O2. The molecule has 116 valence electrons. The van der Waals surface area contributed by atoms with E-state index >= 15 is 0 Å². The molecule has 0 atom stereocenters. The fourth-order valence-electron chi connectivity index (χ4n) is 1.83. The highest BCUT2D eigenvalue weighted by Crippen LogP contribution is 2.12. The van der Waals surface area contributed by atoms with Gasteiger partial charge in [0.15, 0.2) is 0 Å². The van der Waals surface area contributed by atoms with Crippen molar-refractivity contribution in [3.05, 3.63) is 53.9 Å². The van der Waals surface area contributed by atoms with Gasteiger partial charge in [0.1, 0.15) is 0 Å². The lowest BCUT2D eigenvalue weighted by Crippen LogP contribution is -2.42. The van der Waals surface area contributed by atoms with Gasteiger partial charge in [-0.25, -0.2) is 0 Å². The zero-order valence-corrected chi connectivity index (χ0v) is 12.7. The smallest absolute Gasteiger partial charge is 0.254 e. The molecule has 2 aromatic rings. The molecule has 2 amide bonds. The van der Waals surface area contributed by atoms with E-state index in [1.54, 1.807) is 24.7 Å². The first-order valence-electron chi connectivity index (χ1n) is 7.03. The van der Waals surface area contributed by atoms with E-state index in [2.05, 4.69) is 10.4 Å². The van der Waals surface area contributed by atoms with Gasteiger partial charge in [-0.3, -0.25) is 14.3 Å². The van der Waals surface area contributed by atoms with Crippen LogP contribution in [0, 0.1) is 5.41 Å². The summed E-state index contributed by atoms with van der Waals surface area (Å²) in [6, 6.07) is 9.86. The van der Waals surface area contributed by atoms with E-state index < -0.39 is 11.3 Å². The van der Waals surface area contributed by atoms with Crippen LogP contribution in [0.5, 0.6) is 0 Å². The van der Waals surface area contributed by atoms with E-state index in [0.29, 0.717) is 12.1 Å². The number of amides is 2. The Labute approximate surface area is 129 Å². The quantitative estimate of drug-likeness (QED) is 0.839. The second-order valence-electron chi connectivity index (χ2n) is 5.84. The van der Waals surface area contributed by atoms with Gasteiger partial charge in [0.25, 0.3) is 5.91 Å². The highest BCUT2D eigenvalue weighted by atomic mass is 16.2. The summed E-state index contributed by atoms with van der Waals surface area (Å²) in [7, 11) is 0. The first-order valence-corrected chi connectivity index (χ1v) is 7.03. The first-order chi connectivity index (χ1) is 10.4. The maximum atomic E-state index is 12.1. The fourth-order valence-corrected chi connectivity index (χ4v) is 1.83. The van der Waals surface area contributed by atoms with Crippen LogP contribution < -0.4 is 11.1 Å². The summed E-state index contributed by atoms with van der Waals surface area (Å²) < 4.78 is 1.70. The maximum absolute atomic E-state index is 12.1. The summed E-state index contributed by atoms with van der Waals surface area (Å²) in [4.78, 5) is 23.3. The third kappa shape index (κ3) is 3.94. The van der Waals surface area contributed by atoms with Crippen LogP contribution in [-0.2, 0) is 11.3 Å². The van der Waals surface area contributed by atoms with Gasteiger partial charge < -0.3 is 11.1 Å². The number of hydrogen-bond donors (Lipinski definition) is 2. The van der Waals surface area contributed by atoms with Gasteiger partial charge in [0.2, 0.25) is 5.91 Å². The number of primary amides is 1. The Morgan fingerprint density at radius 3 is 2.59 bits per heavy atom. The minimum absolute atomic E-state index is 0.186. The SMILES string of the molecule is CC(C)(CNC(=O)c1cnn(Cc2ccccc2)c1)C(N)=O. The van der Waals surface area contributed by atoms with E-state index in [1.165, 1.54) is 6.20 Å². The second kappa shape index (κ2) is 6.43. The highest BCUT2D eigenvalue weighted by molar-refractivity contribution is 5.94. The molecule has 2 rings (SSSR count). The molecule has 0 saturated heterocycles. The molecule has 0 spiro atoms. The van der Waals surface area contributed by atoms with Crippen LogP contribution in [-0.4, -0.2) is 28.1 Å². The van der Waals surface area contributed by atoms with Crippen molar-refractivity contribution in [1.29, 1.82) is 0 Å². The number of nitrogens with one attached hydrogen (secondary N) is 1. The summed E-state index contributed by atoms with van der Waals surface area (Å²) >= 11 is 0. The number of carbonyl (C=O) groups excluding carboxylic acids is 2. The Balaban J connectivity index is 1.96. The Morgan fingerprint density at radius 2 is 1.95 bits per heavy atom. The predicted molar refractivity (Wildman–Crippen MR) is 83.1 cm³/mol. The topological polar surface area (TPSA) is 90.0 Å². The van der Waals surface area contributed by atoms with Crippen molar-refractivity contribution in [2.45, 2.75) is 20.4 Å². The van der Waals surface area contributed by atoms with E-state index in [-0.39, 0.29) is 12.5 Å². The summed E-state index contributed by atoms with van der Waals surface area (Å²) in [5.41, 5.74) is 6.06. The summed E-state index contributed by atoms with van der Waals surface area (Å²) in [5.74, 6) is -0.721.